The molecule has 2 atom stereocenters. The first-order valence-corrected chi connectivity index (χ1v) is 6.10. The summed E-state index contributed by atoms with van der Waals surface area (Å²) in [6.07, 6.45) is 6.48. The van der Waals surface area contributed by atoms with Gasteiger partial charge in [-0.2, -0.15) is 0 Å². The van der Waals surface area contributed by atoms with Gasteiger partial charge in [-0.25, -0.2) is 0 Å². The maximum absolute atomic E-state index is 11.4. The number of aliphatic hydroxyl groups is 1. The lowest BCUT2D eigenvalue weighted by Gasteiger charge is -2.20. The maximum atomic E-state index is 11.4. The van der Waals surface area contributed by atoms with Gasteiger partial charge in [-0.05, 0) is 38.5 Å². The van der Waals surface area contributed by atoms with E-state index in [9.17, 15) is 9.90 Å². The predicted octanol–water partition coefficient (Wildman–Crippen LogP) is 2.41. The van der Waals surface area contributed by atoms with Crippen molar-refractivity contribution >= 4 is 5.97 Å². The van der Waals surface area contributed by atoms with Crippen LogP contribution in [-0.2, 0) is 9.53 Å². The summed E-state index contributed by atoms with van der Waals surface area (Å²) in [5.41, 5.74) is 0. The monoisotopic (exact) mass is 214 g/mol. The quantitative estimate of drug-likeness (QED) is 0.718. The van der Waals surface area contributed by atoms with E-state index in [0.29, 0.717) is 6.42 Å². The fourth-order valence-corrected chi connectivity index (χ4v) is 2.04. The lowest BCUT2D eigenvalue weighted by Crippen LogP contribution is -2.21. The Hall–Kier alpha value is -0.570. The van der Waals surface area contributed by atoms with Crippen molar-refractivity contribution in [3.63, 3.8) is 0 Å². The topological polar surface area (TPSA) is 46.5 Å². The van der Waals surface area contributed by atoms with E-state index in [4.69, 9.17) is 4.74 Å². The number of carbonyl (C=O) groups is 1. The lowest BCUT2D eigenvalue weighted by atomic mass is 10.0. The number of carbonyl (C=O) groups excluding carboxylic acids is 1. The highest BCUT2D eigenvalue weighted by Gasteiger charge is 2.16. The third kappa shape index (κ3) is 5.17. The summed E-state index contributed by atoms with van der Waals surface area (Å²) >= 11 is 0. The largest absolute Gasteiger partial charge is 0.462 e. The van der Waals surface area contributed by atoms with Gasteiger partial charge in [0.1, 0.15) is 6.10 Å². The van der Waals surface area contributed by atoms with Crippen molar-refractivity contribution in [2.45, 2.75) is 70.5 Å². The van der Waals surface area contributed by atoms with Crippen molar-refractivity contribution in [3.05, 3.63) is 0 Å². The molecule has 0 radical (unpaired) electrons. The van der Waals surface area contributed by atoms with Crippen LogP contribution in [0.5, 0.6) is 0 Å². The zero-order chi connectivity index (χ0) is 11.1. The summed E-state index contributed by atoms with van der Waals surface area (Å²) in [5.74, 6) is -0.0949. The number of aliphatic hydroxyl groups excluding tert-OH is 1. The Morgan fingerprint density at radius 1 is 1.33 bits per heavy atom. The van der Waals surface area contributed by atoms with E-state index in [-0.39, 0.29) is 18.2 Å². The molecule has 1 aliphatic heterocycles. The van der Waals surface area contributed by atoms with Crippen molar-refractivity contribution in [2.24, 2.45) is 0 Å². The smallest absolute Gasteiger partial charge is 0.306 e. The van der Waals surface area contributed by atoms with Crippen molar-refractivity contribution in [3.8, 4) is 0 Å². The number of cyclic esters (lactones) is 1. The molecule has 0 aromatic heterocycles. The van der Waals surface area contributed by atoms with E-state index in [2.05, 4.69) is 6.92 Å². The van der Waals surface area contributed by atoms with Gasteiger partial charge in [0.25, 0.3) is 0 Å². The Labute approximate surface area is 91.8 Å². The molecule has 1 N–H and O–H groups in total. The van der Waals surface area contributed by atoms with Gasteiger partial charge in [0.2, 0.25) is 0 Å². The molecule has 3 heteroatoms. The van der Waals surface area contributed by atoms with Crippen LogP contribution in [0.1, 0.15) is 58.3 Å². The Morgan fingerprint density at radius 3 is 2.80 bits per heavy atom. The molecular formula is C12H22O3. The number of hydrogen-bond acceptors (Lipinski definition) is 3. The molecule has 1 unspecified atom stereocenters. The Balaban J connectivity index is 2.41. The Morgan fingerprint density at radius 2 is 2.07 bits per heavy atom. The van der Waals surface area contributed by atoms with E-state index in [1.54, 1.807) is 0 Å². The average Bonchev–Trinajstić information content (AvgIpc) is 2.17. The fourth-order valence-electron chi connectivity index (χ4n) is 2.04. The maximum Gasteiger partial charge on any atom is 0.306 e. The minimum atomic E-state index is -0.224. The minimum Gasteiger partial charge on any atom is -0.462 e. The first-order valence-electron chi connectivity index (χ1n) is 6.10. The normalized spacial score (nSPS) is 29.6. The highest BCUT2D eigenvalue weighted by molar-refractivity contribution is 5.69. The van der Waals surface area contributed by atoms with E-state index < -0.39 is 0 Å². The van der Waals surface area contributed by atoms with Crippen molar-refractivity contribution < 1.29 is 14.6 Å². The van der Waals surface area contributed by atoms with Gasteiger partial charge in [0.05, 0.1) is 6.10 Å². The van der Waals surface area contributed by atoms with E-state index in [1.165, 1.54) is 0 Å². The molecule has 1 rings (SSSR count). The molecule has 1 fully saturated rings. The van der Waals surface area contributed by atoms with Crippen LogP contribution in [0.25, 0.3) is 0 Å². The first kappa shape index (κ1) is 12.5. The lowest BCUT2D eigenvalue weighted by molar-refractivity contribution is -0.150. The molecule has 0 spiro atoms. The zero-order valence-corrected chi connectivity index (χ0v) is 9.58. The molecule has 0 amide bonds. The van der Waals surface area contributed by atoms with Crippen LogP contribution >= 0.6 is 0 Å². The molecule has 3 nitrogen and oxygen atoms in total. The van der Waals surface area contributed by atoms with Crippen LogP contribution in [0.2, 0.25) is 0 Å². The number of esters is 1. The summed E-state index contributed by atoms with van der Waals surface area (Å²) < 4.78 is 5.38. The summed E-state index contributed by atoms with van der Waals surface area (Å²) in [6.45, 7) is 2.10. The van der Waals surface area contributed by atoms with E-state index in [1.807, 2.05) is 0 Å². The highest BCUT2D eigenvalue weighted by Crippen LogP contribution is 2.17. The molecular weight excluding hydrogens is 192 g/mol. The Bertz CT molecular complexity index is 191. The van der Waals surface area contributed by atoms with Gasteiger partial charge in [-0.15, -0.1) is 0 Å². The fraction of sp³-hybridized carbons (Fsp3) is 0.917. The van der Waals surface area contributed by atoms with Gasteiger partial charge in [-0.3, -0.25) is 4.79 Å². The summed E-state index contributed by atoms with van der Waals surface area (Å²) in [7, 11) is 0. The predicted molar refractivity (Wildman–Crippen MR) is 58.5 cm³/mol. The minimum absolute atomic E-state index is 0.0767. The summed E-state index contributed by atoms with van der Waals surface area (Å²) in [6, 6.07) is 0. The average molecular weight is 214 g/mol. The van der Waals surface area contributed by atoms with Crippen LogP contribution in [-0.4, -0.2) is 23.3 Å². The van der Waals surface area contributed by atoms with Crippen LogP contribution in [0.3, 0.4) is 0 Å². The van der Waals surface area contributed by atoms with Crippen molar-refractivity contribution in [1.29, 1.82) is 0 Å². The van der Waals surface area contributed by atoms with Crippen molar-refractivity contribution in [1.82, 2.24) is 0 Å². The standard InChI is InChI=1S/C12H22O3/c1-2-5-11-8-3-6-10(13)7-4-9-12(14)15-11/h10-11,13H,2-9H2,1H3/t10?,11-/m0/s1. The zero-order valence-electron chi connectivity index (χ0n) is 9.58. The third-order valence-electron chi connectivity index (χ3n) is 2.89. The van der Waals surface area contributed by atoms with Crippen molar-refractivity contribution in [2.75, 3.05) is 0 Å². The molecule has 0 aliphatic carbocycles. The molecule has 1 heterocycles. The third-order valence-corrected chi connectivity index (χ3v) is 2.89. The SMILES string of the molecule is CCC[C@H]1CCCC(O)CCCC(=O)O1. The second-order valence-corrected chi connectivity index (χ2v) is 4.38. The van der Waals surface area contributed by atoms with Gasteiger partial charge in [0.15, 0.2) is 0 Å². The second-order valence-electron chi connectivity index (χ2n) is 4.38. The number of rotatable bonds is 2. The van der Waals surface area contributed by atoms with Crippen LogP contribution in [0, 0.1) is 0 Å². The van der Waals surface area contributed by atoms with E-state index >= 15 is 0 Å². The van der Waals surface area contributed by atoms with Gasteiger partial charge in [0, 0.05) is 6.42 Å². The highest BCUT2D eigenvalue weighted by atomic mass is 16.5. The van der Waals surface area contributed by atoms with Gasteiger partial charge < -0.3 is 9.84 Å². The molecule has 0 bridgehead atoms. The van der Waals surface area contributed by atoms with Crippen LogP contribution in [0.4, 0.5) is 0 Å². The van der Waals surface area contributed by atoms with E-state index in [0.717, 1.165) is 44.9 Å². The first-order chi connectivity index (χ1) is 7.22. The number of hydrogen-bond donors (Lipinski definition) is 1. The molecule has 0 aromatic rings. The molecule has 88 valence electrons. The summed E-state index contributed by atoms with van der Waals surface area (Å²) in [4.78, 5) is 11.4. The molecule has 15 heavy (non-hydrogen) atoms. The molecule has 1 saturated heterocycles. The van der Waals surface area contributed by atoms with Crippen LogP contribution < -0.4 is 0 Å². The second kappa shape index (κ2) is 6.83. The van der Waals surface area contributed by atoms with Gasteiger partial charge in [-0.1, -0.05) is 13.3 Å². The summed E-state index contributed by atoms with van der Waals surface area (Å²) in [5, 5.41) is 9.58. The molecule has 1 aliphatic rings. The van der Waals surface area contributed by atoms with Crippen LogP contribution in [0.15, 0.2) is 0 Å². The van der Waals surface area contributed by atoms with Gasteiger partial charge >= 0.3 is 5.97 Å². The molecule has 0 aromatic carbocycles. The Kier molecular flexibility index (Phi) is 5.69. The molecule has 0 saturated carbocycles. The number of ether oxygens (including phenoxy) is 1.